The molecule has 1 saturated heterocycles. The number of nitrogens with two attached hydrogens (primary N) is 1. The van der Waals surface area contributed by atoms with Gasteiger partial charge in [-0.25, -0.2) is 0 Å². The van der Waals surface area contributed by atoms with Crippen molar-refractivity contribution in [3.63, 3.8) is 0 Å². The van der Waals surface area contributed by atoms with Crippen LogP contribution in [-0.2, 0) is 16.1 Å². The number of likely N-dealkylation sites (tertiary alicyclic amines) is 1. The zero-order valence-corrected chi connectivity index (χ0v) is 15.7. The number of thioether (sulfide) groups is 1. The van der Waals surface area contributed by atoms with E-state index in [1.54, 1.807) is 4.57 Å². The van der Waals surface area contributed by atoms with Gasteiger partial charge in [0.05, 0.1) is 5.75 Å². The lowest BCUT2D eigenvalue weighted by molar-refractivity contribution is -0.129. The molecule has 0 spiro atoms. The third kappa shape index (κ3) is 4.43. The standard InChI is InChI=1S/C18H23N5O2S/c1-13-6-5-7-14(10-13)17-20-21-18(23(17)11-15(19)24)26-12-16(25)22-8-3-2-4-9-22/h5-7,10H,2-4,8-9,11-12H2,1H3,(H2,19,24). The molecule has 1 aliphatic rings. The number of nitrogens with zero attached hydrogens (tertiary/aromatic N) is 4. The van der Waals surface area contributed by atoms with Crippen molar-refractivity contribution in [1.82, 2.24) is 19.7 Å². The van der Waals surface area contributed by atoms with Crippen molar-refractivity contribution in [2.75, 3.05) is 18.8 Å². The third-order valence-electron chi connectivity index (χ3n) is 4.34. The van der Waals surface area contributed by atoms with Gasteiger partial charge in [0.1, 0.15) is 6.54 Å². The zero-order chi connectivity index (χ0) is 18.5. The molecule has 0 radical (unpaired) electrons. The fourth-order valence-electron chi connectivity index (χ4n) is 3.05. The molecule has 1 fully saturated rings. The molecule has 1 aromatic heterocycles. The van der Waals surface area contributed by atoms with E-state index in [1.807, 2.05) is 36.1 Å². The first-order valence-electron chi connectivity index (χ1n) is 8.73. The topological polar surface area (TPSA) is 94.1 Å². The molecule has 2 heterocycles. The van der Waals surface area contributed by atoms with Crippen LogP contribution in [0.3, 0.4) is 0 Å². The number of carbonyl (C=O) groups excluding carboxylic acids is 2. The number of primary amides is 1. The van der Waals surface area contributed by atoms with Crippen LogP contribution in [0.25, 0.3) is 11.4 Å². The summed E-state index contributed by atoms with van der Waals surface area (Å²) in [7, 11) is 0. The van der Waals surface area contributed by atoms with E-state index in [-0.39, 0.29) is 18.2 Å². The summed E-state index contributed by atoms with van der Waals surface area (Å²) in [5, 5.41) is 8.95. The van der Waals surface area contributed by atoms with Gasteiger partial charge in [0.15, 0.2) is 11.0 Å². The van der Waals surface area contributed by atoms with E-state index in [1.165, 1.54) is 18.2 Å². The van der Waals surface area contributed by atoms with Crippen LogP contribution in [0.4, 0.5) is 0 Å². The van der Waals surface area contributed by atoms with Gasteiger partial charge in [-0.15, -0.1) is 10.2 Å². The molecule has 7 nitrogen and oxygen atoms in total. The largest absolute Gasteiger partial charge is 0.368 e. The first kappa shape index (κ1) is 18.4. The van der Waals surface area contributed by atoms with Gasteiger partial charge in [-0.2, -0.15) is 0 Å². The quantitative estimate of drug-likeness (QED) is 0.780. The number of piperidine rings is 1. The number of aryl methyl sites for hydroxylation is 1. The molecule has 26 heavy (non-hydrogen) atoms. The van der Waals surface area contributed by atoms with Crippen molar-refractivity contribution in [2.45, 2.75) is 37.9 Å². The molecule has 3 rings (SSSR count). The van der Waals surface area contributed by atoms with Crippen LogP contribution >= 0.6 is 11.8 Å². The molecule has 0 unspecified atom stereocenters. The molecule has 0 aliphatic carbocycles. The average Bonchev–Trinajstić information content (AvgIpc) is 3.02. The van der Waals surface area contributed by atoms with Gasteiger partial charge in [0.25, 0.3) is 0 Å². The van der Waals surface area contributed by atoms with Gasteiger partial charge in [0, 0.05) is 18.7 Å². The summed E-state index contributed by atoms with van der Waals surface area (Å²) < 4.78 is 1.69. The number of aromatic nitrogens is 3. The highest BCUT2D eigenvalue weighted by atomic mass is 32.2. The predicted octanol–water partition coefficient (Wildman–Crippen LogP) is 1.84. The summed E-state index contributed by atoms with van der Waals surface area (Å²) in [6.45, 7) is 3.62. The van der Waals surface area contributed by atoms with Gasteiger partial charge in [-0.1, -0.05) is 35.5 Å². The second-order valence-electron chi connectivity index (χ2n) is 6.46. The van der Waals surface area contributed by atoms with Crippen LogP contribution in [0.5, 0.6) is 0 Å². The first-order chi connectivity index (χ1) is 12.5. The molecule has 0 bridgehead atoms. The zero-order valence-electron chi connectivity index (χ0n) is 14.9. The van der Waals surface area contributed by atoms with E-state index in [9.17, 15) is 9.59 Å². The van der Waals surface area contributed by atoms with Crippen LogP contribution in [0.15, 0.2) is 29.4 Å². The Bertz CT molecular complexity index is 799. The highest BCUT2D eigenvalue weighted by Crippen LogP contribution is 2.25. The van der Waals surface area contributed by atoms with Crippen molar-refractivity contribution < 1.29 is 9.59 Å². The van der Waals surface area contributed by atoms with Gasteiger partial charge >= 0.3 is 0 Å². The maximum Gasteiger partial charge on any atom is 0.237 e. The van der Waals surface area contributed by atoms with Crippen LogP contribution in [-0.4, -0.2) is 50.3 Å². The summed E-state index contributed by atoms with van der Waals surface area (Å²) in [6, 6.07) is 7.82. The molecule has 0 saturated carbocycles. The Kier molecular flexibility index (Phi) is 5.92. The van der Waals surface area contributed by atoms with Crippen molar-refractivity contribution in [2.24, 2.45) is 5.73 Å². The van der Waals surface area contributed by atoms with Gasteiger partial charge in [-0.05, 0) is 32.3 Å². The molecule has 2 amide bonds. The van der Waals surface area contributed by atoms with Crippen molar-refractivity contribution >= 4 is 23.6 Å². The Labute approximate surface area is 157 Å². The summed E-state index contributed by atoms with van der Waals surface area (Å²) in [4.78, 5) is 25.8. The Morgan fingerprint density at radius 2 is 1.96 bits per heavy atom. The predicted molar refractivity (Wildman–Crippen MR) is 101 cm³/mol. The first-order valence-corrected chi connectivity index (χ1v) is 9.72. The van der Waals surface area contributed by atoms with Crippen molar-refractivity contribution in [3.8, 4) is 11.4 Å². The molecular weight excluding hydrogens is 350 g/mol. The summed E-state index contributed by atoms with van der Waals surface area (Å²) >= 11 is 1.30. The maximum absolute atomic E-state index is 12.4. The molecule has 1 aliphatic heterocycles. The fourth-order valence-corrected chi connectivity index (χ4v) is 3.89. The smallest absolute Gasteiger partial charge is 0.237 e. The number of benzene rings is 1. The molecule has 8 heteroatoms. The SMILES string of the molecule is Cc1cccc(-c2nnc(SCC(=O)N3CCCCC3)n2CC(N)=O)c1. The van der Waals surface area contributed by atoms with Gasteiger partial charge < -0.3 is 10.6 Å². The molecule has 138 valence electrons. The molecule has 2 N–H and O–H groups in total. The van der Waals surface area contributed by atoms with Crippen molar-refractivity contribution in [1.29, 1.82) is 0 Å². The maximum atomic E-state index is 12.4. The fraction of sp³-hybridized carbons (Fsp3) is 0.444. The second kappa shape index (κ2) is 8.35. The summed E-state index contributed by atoms with van der Waals surface area (Å²) in [5.74, 6) is 0.494. The molecule has 1 aromatic carbocycles. The summed E-state index contributed by atoms with van der Waals surface area (Å²) in [5.41, 5.74) is 7.36. The minimum Gasteiger partial charge on any atom is -0.368 e. The highest BCUT2D eigenvalue weighted by Gasteiger charge is 2.20. The lowest BCUT2D eigenvalue weighted by atomic mass is 10.1. The van der Waals surface area contributed by atoms with E-state index in [2.05, 4.69) is 10.2 Å². The lowest BCUT2D eigenvalue weighted by Gasteiger charge is -2.26. The second-order valence-corrected chi connectivity index (χ2v) is 7.40. The van der Waals surface area contributed by atoms with Crippen LogP contribution in [0.2, 0.25) is 0 Å². The highest BCUT2D eigenvalue weighted by molar-refractivity contribution is 7.99. The Balaban J connectivity index is 1.78. The van der Waals surface area contributed by atoms with Crippen LogP contribution in [0, 0.1) is 6.92 Å². The average molecular weight is 373 g/mol. The van der Waals surface area contributed by atoms with Crippen molar-refractivity contribution in [3.05, 3.63) is 29.8 Å². The Morgan fingerprint density at radius 1 is 1.19 bits per heavy atom. The Morgan fingerprint density at radius 3 is 2.65 bits per heavy atom. The van der Waals surface area contributed by atoms with E-state index < -0.39 is 5.91 Å². The minimum atomic E-state index is -0.470. The van der Waals surface area contributed by atoms with Crippen LogP contribution < -0.4 is 5.73 Å². The molecule has 0 atom stereocenters. The van der Waals surface area contributed by atoms with Gasteiger partial charge in [-0.3, -0.25) is 14.2 Å². The number of carbonyl (C=O) groups is 2. The molecule has 2 aromatic rings. The van der Waals surface area contributed by atoms with E-state index in [0.29, 0.717) is 11.0 Å². The molecular formula is C18H23N5O2S. The number of hydrogen-bond donors (Lipinski definition) is 1. The van der Waals surface area contributed by atoms with E-state index in [4.69, 9.17) is 5.73 Å². The summed E-state index contributed by atoms with van der Waals surface area (Å²) in [6.07, 6.45) is 3.31. The number of hydrogen-bond acceptors (Lipinski definition) is 5. The third-order valence-corrected chi connectivity index (χ3v) is 5.29. The van der Waals surface area contributed by atoms with E-state index >= 15 is 0 Å². The monoisotopic (exact) mass is 373 g/mol. The van der Waals surface area contributed by atoms with Gasteiger partial charge in [0.2, 0.25) is 11.8 Å². The van der Waals surface area contributed by atoms with E-state index in [0.717, 1.165) is 37.1 Å². The number of rotatable bonds is 6. The van der Waals surface area contributed by atoms with Crippen LogP contribution in [0.1, 0.15) is 24.8 Å². The Hall–Kier alpha value is -2.35. The normalized spacial score (nSPS) is 14.4. The number of amides is 2. The lowest BCUT2D eigenvalue weighted by Crippen LogP contribution is -2.36. The minimum absolute atomic E-state index is 0.0173.